The lowest BCUT2D eigenvalue weighted by atomic mass is 10.2. The van der Waals surface area contributed by atoms with E-state index in [1.54, 1.807) is 56.7 Å². The second-order valence-corrected chi connectivity index (χ2v) is 7.64. The Bertz CT molecular complexity index is 1280. The topological polar surface area (TPSA) is 88.9 Å². The summed E-state index contributed by atoms with van der Waals surface area (Å²) in [5.41, 5.74) is 1.37. The summed E-state index contributed by atoms with van der Waals surface area (Å²) >= 11 is 12.8. The minimum atomic E-state index is -0.302. The number of nitrogens with one attached hydrogen (secondary N) is 1. The number of aromatic amines is 1. The predicted molar refractivity (Wildman–Crippen MR) is 117 cm³/mol. The first-order valence-corrected chi connectivity index (χ1v) is 9.76. The fourth-order valence-corrected chi connectivity index (χ4v) is 3.72. The highest BCUT2D eigenvalue weighted by molar-refractivity contribution is 6.37. The summed E-state index contributed by atoms with van der Waals surface area (Å²) in [5.74, 6) is 1.54. The van der Waals surface area contributed by atoms with Crippen molar-refractivity contribution in [3.63, 3.8) is 0 Å². The first-order chi connectivity index (χ1) is 14.4. The Hall–Kier alpha value is -3.10. The molecule has 30 heavy (non-hydrogen) atoms. The number of aromatic nitrogens is 5. The van der Waals surface area contributed by atoms with Gasteiger partial charge in [-0.3, -0.25) is 9.78 Å². The van der Waals surface area contributed by atoms with Crippen LogP contribution < -0.4 is 15.2 Å². The Labute approximate surface area is 182 Å². The maximum absolute atomic E-state index is 13.0. The lowest BCUT2D eigenvalue weighted by Crippen LogP contribution is -2.16. The van der Waals surface area contributed by atoms with Crippen molar-refractivity contribution in [2.45, 2.75) is 6.42 Å². The SMILES string of the molecule is COc1cncc(Cc2nc3c(c(N(C)C)nn3-c3c(Cl)cccc3Cl)c(=O)[nH]2)c1. The van der Waals surface area contributed by atoms with Crippen LogP contribution in [0.2, 0.25) is 10.0 Å². The number of hydrogen-bond donors (Lipinski definition) is 1. The van der Waals surface area contributed by atoms with Gasteiger partial charge < -0.3 is 14.6 Å². The Morgan fingerprint density at radius 1 is 1.20 bits per heavy atom. The van der Waals surface area contributed by atoms with Crippen LogP contribution in [0.15, 0.2) is 41.5 Å². The number of benzene rings is 1. The van der Waals surface area contributed by atoms with Crippen LogP contribution >= 0.6 is 23.2 Å². The van der Waals surface area contributed by atoms with E-state index in [1.807, 2.05) is 6.07 Å². The van der Waals surface area contributed by atoms with Gasteiger partial charge in [0.25, 0.3) is 5.56 Å². The van der Waals surface area contributed by atoms with Crippen molar-refractivity contribution in [3.05, 3.63) is 68.4 Å². The average Bonchev–Trinajstić information content (AvgIpc) is 3.08. The van der Waals surface area contributed by atoms with Crippen molar-refractivity contribution in [1.29, 1.82) is 0 Å². The minimum absolute atomic E-state index is 0.302. The number of H-pyrrole nitrogens is 1. The van der Waals surface area contributed by atoms with Crippen LogP contribution in [0.4, 0.5) is 5.82 Å². The van der Waals surface area contributed by atoms with Gasteiger partial charge in [-0.05, 0) is 23.8 Å². The van der Waals surface area contributed by atoms with Gasteiger partial charge in [-0.1, -0.05) is 29.3 Å². The summed E-state index contributed by atoms with van der Waals surface area (Å²) in [6.07, 6.45) is 3.66. The number of para-hydroxylation sites is 1. The first-order valence-electron chi connectivity index (χ1n) is 9.00. The summed E-state index contributed by atoms with van der Waals surface area (Å²) in [5, 5.41) is 5.73. The van der Waals surface area contributed by atoms with Crippen LogP contribution in [0.1, 0.15) is 11.4 Å². The molecule has 0 aliphatic rings. The number of hydrogen-bond acceptors (Lipinski definition) is 6. The Morgan fingerprint density at radius 2 is 1.93 bits per heavy atom. The molecule has 0 spiro atoms. The van der Waals surface area contributed by atoms with Crippen molar-refractivity contribution in [3.8, 4) is 11.4 Å². The van der Waals surface area contributed by atoms with Crippen molar-refractivity contribution in [1.82, 2.24) is 24.7 Å². The molecule has 0 aliphatic carbocycles. The molecule has 4 rings (SSSR count). The van der Waals surface area contributed by atoms with Gasteiger partial charge in [0, 0.05) is 26.7 Å². The van der Waals surface area contributed by atoms with Gasteiger partial charge in [0.1, 0.15) is 22.6 Å². The van der Waals surface area contributed by atoms with E-state index in [0.29, 0.717) is 50.6 Å². The molecule has 0 radical (unpaired) electrons. The number of methoxy groups -OCH3 is 1. The average molecular weight is 445 g/mol. The smallest absolute Gasteiger partial charge is 0.264 e. The Balaban J connectivity index is 1.93. The number of rotatable bonds is 5. The quantitative estimate of drug-likeness (QED) is 0.506. The van der Waals surface area contributed by atoms with Gasteiger partial charge in [-0.15, -0.1) is 5.10 Å². The molecule has 0 bridgehead atoms. The second-order valence-electron chi connectivity index (χ2n) is 6.82. The molecule has 0 unspecified atom stereocenters. The molecule has 0 saturated heterocycles. The third kappa shape index (κ3) is 3.59. The van der Waals surface area contributed by atoms with E-state index in [2.05, 4.69) is 20.1 Å². The maximum atomic E-state index is 13.0. The summed E-state index contributed by atoms with van der Waals surface area (Å²) in [6.45, 7) is 0. The van der Waals surface area contributed by atoms with E-state index >= 15 is 0 Å². The lowest BCUT2D eigenvalue weighted by Gasteiger charge is -2.09. The highest BCUT2D eigenvalue weighted by Gasteiger charge is 2.22. The summed E-state index contributed by atoms with van der Waals surface area (Å²) < 4.78 is 6.73. The van der Waals surface area contributed by atoms with E-state index in [0.717, 1.165) is 5.56 Å². The van der Waals surface area contributed by atoms with Crippen molar-refractivity contribution < 1.29 is 4.74 Å². The van der Waals surface area contributed by atoms with E-state index in [1.165, 1.54) is 4.68 Å². The van der Waals surface area contributed by atoms with Gasteiger partial charge in [-0.25, -0.2) is 9.67 Å². The molecule has 0 amide bonds. The fourth-order valence-electron chi connectivity index (χ4n) is 3.16. The van der Waals surface area contributed by atoms with Gasteiger partial charge in [0.05, 0.1) is 23.4 Å². The van der Waals surface area contributed by atoms with Gasteiger partial charge in [0.2, 0.25) is 0 Å². The summed E-state index contributed by atoms with van der Waals surface area (Å²) in [6, 6.07) is 7.00. The number of pyridine rings is 1. The molecule has 1 aromatic carbocycles. The molecule has 8 nitrogen and oxygen atoms in total. The number of halogens is 2. The van der Waals surface area contributed by atoms with Gasteiger partial charge in [0.15, 0.2) is 11.5 Å². The van der Waals surface area contributed by atoms with E-state index < -0.39 is 0 Å². The van der Waals surface area contributed by atoms with Gasteiger partial charge in [-0.2, -0.15) is 0 Å². The molecule has 10 heteroatoms. The highest BCUT2D eigenvalue weighted by Crippen LogP contribution is 2.32. The third-order valence-electron chi connectivity index (χ3n) is 4.52. The third-order valence-corrected chi connectivity index (χ3v) is 5.13. The van der Waals surface area contributed by atoms with Gasteiger partial charge >= 0.3 is 0 Å². The molecular formula is C20H18Cl2N6O2. The molecule has 0 saturated carbocycles. The van der Waals surface area contributed by atoms with E-state index in [4.69, 9.17) is 27.9 Å². The largest absolute Gasteiger partial charge is 0.495 e. The molecular weight excluding hydrogens is 427 g/mol. The molecule has 0 fully saturated rings. The molecule has 4 aromatic rings. The van der Waals surface area contributed by atoms with Crippen LogP contribution in [-0.2, 0) is 6.42 Å². The van der Waals surface area contributed by atoms with E-state index in [-0.39, 0.29) is 5.56 Å². The van der Waals surface area contributed by atoms with Crippen LogP contribution in [0, 0.1) is 0 Å². The number of ether oxygens (including phenoxy) is 1. The van der Waals surface area contributed by atoms with E-state index in [9.17, 15) is 4.79 Å². The molecule has 154 valence electrons. The van der Waals surface area contributed by atoms with Crippen LogP contribution in [0.3, 0.4) is 0 Å². The highest BCUT2D eigenvalue weighted by atomic mass is 35.5. The van der Waals surface area contributed by atoms with Crippen LogP contribution in [0.25, 0.3) is 16.7 Å². The maximum Gasteiger partial charge on any atom is 0.264 e. The molecule has 0 aliphatic heterocycles. The monoisotopic (exact) mass is 444 g/mol. The Kier molecular flexibility index (Phi) is 5.36. The Morgan fingerprint density at radius 3 is 2.60 bits per heavy atom. The number of anilines is 1. The van der Waals surface area contributed by atoms with Crippen molar-refractivity contribution >= 4 is 40.1 Å². The minimum Gasteiger partial charge on any atom is -0.495 e. The first kappa shape index (κ1) is 20.2. The second kappa shape index (κ2) is 7.97. The van der Waals surface area contributed by atoms with Crippen molar-refractivity contribution in [2.24, 2.45) is 0 Å². The zero-order chi connectivity index (χ0) is 21.4. The van der Waals surface area contributed by atoms with Crippen LogP contribution in [-0.4, -0.2) is 45.9 Å². The molecule has 1 N–H and O–H groups in total. The molecule has 3 heterocycles. The standard InChI is InChI=1S/C20H18Cl2N6O2/c1-27(2)19-16-18(28(26-19)17-13(21)5-4-6-14(17)22)24-15(25-20(16)29)8-11-7-12(30-3)10-23-9-11/h4-7,9-10H,8H2,1-3H3,(H,24,25,29). The molecule has 3 aromatic heterocycles. The number of fused-ring (bicyclic) bond motifs is 1. The summed E-state index contributed by atoms with van der Waals surface area (Å²) in [7, 11) is 5.17. The molecule has 0 atom stereocenters. The lowest BCUT2D eigenvalue weighted by molar-refractivity contribution is 0.412. The van der Waals surface area contributed by atoms with Crippen molar-refractivity contribution in [2.75, 3.05) is 26.1 Å². The summed E-state index contributed by atoms with van der Waals surface area (Å²) in [4.78, 5) is 26.4. The number of nitrogens with zero attached hydrogens (tertiary/aromatic N) is 5. The predicted octanol–water partition coefficient (Wildman–Crippen LogP) is 3.48. The normalized spacial score (nSPS) is 11.1. The zero-order valence-corrected chi connectivity index (χ0v) is 18.0. The fraction of sp³-hybridized carbons (Fsp3) is 0.200. The van der Waals surface area contributed by atoms with Crippen LogP contribution in [0.5, 0.6) is 5.75 Å². The zero-order valence-electron chi connectivity index (χ0n) is 16.5.